The van der Waals surface area contributed by atoms with E-state index < -0.39 is 22.9 Å². The maximum atomic E-state index is 14.2. The van der Waals surface area contributed by atoms with Gasteiger partial charge in [0.25, 0.3) is 5.56 Å². The Morgan fingerprint density at radius 2 is 1.91 bits per heavy atom. The van der Waals surface area contributed by atoms with Gasteiger partial charge in [-0.15, -0.1) is 0 Å². The molecular weight excluding hydrogens is 448 g/mol. The van der Waals surface area contributed by atoms with Crippen LogP contribution in [0.5, 0.6) is 5.75 Å². The zero-order valence-electron chi connectivity index (χ0n) is 19.6. The molecule has 178 valence electrons. The number of aryl methyl sites for hydroxylation is 1. The maximum absolute atomic E-state index is 14.2. The highest BCUT2D eigenvalue weighted by atomic mass is 16.5. The molecule has 35 heavy (non-hydrogen) atoms. The number of amides is 1. The van der Waals surface area contributed by atoms with Crippen LogP contribution < -0.4 is 20.9 Å². The molecule has 1 unspecified atom stereocenters. The molecule has 9 heteroatoms. The Bertz CT molecular complexity index is 1460. The second-order valence-corrected chi connectivity index (χ2v) is 8.39. The second-order valence-electron chi connectivity index (χ2n) is 8.39. The third-order valence-electron chi connectivity index (χ3n) is 6.60. The summed E-state index contributed by atoms with van der Waals surface area (Å²) in [5.41, 5.74) is 6.14. The molecule has 2 aliphatic rings. The topological polar surface area (TPSA) is 117 Å². The smallest absolute Gasteiger partial charge is 0.340 e. The zero-order valence-corrected chi connectivity index (χ0v) is 19.6. The molecule has 5 rings (SSSR count). The van der Waals surface area contributed by atoms with Gasteiger partial charge >= 0.3 is 5.97 Å². The Balaban J connectivity index is 1.89. The predicted molar refractivity (Wildman–Crippen MR) is 128 cm³/mol. The lowest BCUT2D eigenvalue weighted by atomic mass is 9.68. The molecule has 1 atom stereocenters. The standard InChI is InChI=1S/C26H24N4O5/c1-4-29-18-11-6-5-10-17(18)26(25(29)33)20-19(35-22(27)21(26)24(32)34-3)13-15(2)30(23(20)31)14-16-9-7-8-12-28-16/h5-13H,4,14,27H2,1-3H3. The highest BCUT2D eigenvalue weighted by Crippen LogP contribution is 2.54. The molecule has 2 aromatic heterocycles. The van der Waals surface area contributed by atoms with E-state index >= 15 is 0 Å². The Hall–Kier alpha value is -4.40. The first-order valence-electron chi connectivity index (χ1n) is 11.2. The predicted octanol–water partition coefficient (Wildman–Crippen LogP) is 1.99. The summed E-state index contributed by atoms with van der Waals surface area (Å²) in [7, 11) is 1.20. The van der Waals surface area contributed by atoms with Crippen molar-refractivity contribution in [3.8, 4) is 5.75 Å². The van der Waals surface area contributed by atoms with Gasteiger partial charge in [-0.1, -0.05) is 24.3 Å². The van der Waals surface area contributed by atoms with Gasteiger partial charge < -0.3 is 24.7 Å². The molecule has 3 aromatic rings. The van der Waals surface area contributed by atoms with Gasteiger partial charge in [0.05, 0.1) is 24.9 Å². The van der Waals surface area contributed by atoms with E-state index in [1.54, 1.807) is 54.4 Å². The van der Waals surface area contributed by atoms with Crippen molar-refractivity contribution < 1.29 is 19.1 Å². The molecule has 0 fully saturated rings. The summed E-state index contributed by atoms with van der Waals surface area (Å²) >= 11 is 0. The van der Waals surface area contributed by atoms with Crippen LogP contribution in [-0.4, -0.2) is 35.1 Å². The number of carbonyl (C=O) groups excluding carboxylic acids is 2. The Morgan fingerprint density at radius 3 is 2.60 bits per heavy atom. The van der Waals surface area contributed by atoms with Crippen LogP contribution in [0, 0.1) is 6.92 Å². The average Bonchev–Trinajstić information content (AvgIpc) is 3.09. The average molecular weight is 473 g/mol. The number of nitrogens with zero attached hydrogens (tertiary/aromatic N) is 3. The molecule has 0 aliphatic carbocycles. The molecular formula is C26H24N4O5. The molecule has 9 nitrogen and oxygen atoms in total. The normalized spacial score (nSPS) is 18.4. The molecule has 1 aromatic carbocycles. The van der Waals surface area contributed by atoms with E-state index in [0.717, 1.165) is 0 Å². The van der Waals surface area contributed by atoms with Crippen LogP contribution in [0.4, 0.5) is 5.69 Å². The summed E-state index contributed by atoms with van der Waals surface area (Å²) in [5.74, 6) is -1.44. The van der Waals surface area contributed by atoms with Crippen molar-refractivity contribution in [2.75, 3.05) is 18.6 Å². The fourth-order valence-corrected chi connectivity index (χ4v) is 5.10. The minimum Gasteiger partial charge on any atom is -0.465 e. The molecule has 0 saturated heterocycles. The van der Waals surface area contributed by atoms with Crippen LogP contribution in [0.3, 0.4) is 0 Å². The zero-order chi connectivity index (χ0) is 24.9. The van der Waals surface area contributed by atoms with Crippen LogP contribution in [-0.2, 0) is 26.3 Å². The van der Waals surface area contributed by atoms with Crippen LogP contribution >= 0.6 is 0 Å². The molecule has 1 amide bonds. The molecule has 0 radical (unpaired) electrons. The number of aromatic nitrogens is 2. The number of carbonyl (C=O) groups is 2. The molecule has 0 bridgehead atoms. The van der Waals surface area contributed by atoms with E-state index in [4.69, 9.17) is 15.2 Å². The summed E-state index contributed by atoms with van der Waals surface area (Å²) in [6.45, 7) is 4.09. The summed E-state index contributed by atoms with van der Waals surface area (Å²) in [6.07, 6.45) is 1.65. The minimum atomic E-state index is -1.81. The lowest BCUT2D eigenvalue weighted by molar-refractivity contribution is -0.138. The minimum absolute atomic E-state index is 0.0297. The quantitative estimate of drug-likeness (QED) is 0.577. The summed E-state index contributed by atoms with van der Waals surface area (Å²) < 4.78 is 12.4. The summed E-state index contributed by atoms with van der Waals surface area (Å²) in [6, 6.07) is 14.2. The van der Waals surface area contributed by atoms with Gasteiger partial charge in [-0.25, -0.2) is 4.79 Å². The van der Waals surface area contributed by atoms with Gasteiger partial charge in [-0.3, -0.25) is 14.6 Å². The van der Waals surface area contributed by atoms with Crippen molar-refractivity contribution in [1.82, 2.24) is 9.55 Å². The van der Waals surface area contributed by atoms with Crippen molar-refractivity contribution >= 4 is 17.6 Å². The number of para-hydroxylation sites is 1. The molecule has 2 N–H and O–H groups in total. The fraction of sp³-hybridized carbons (Fsp3) is 0.231. The van der Waals surface area contributed by atoms with Gasteiger partial charge in [0, 0.05) is 35.8 Å². The number of benzene rings is 1. The third-order valence-corrected chi connectivity index (χ3v) is 6.60. The number of methoxy groups -OCH3 is 1. The van der Waals surface area contributed by atoms with Crippen molar-refractivity contribution in [2.24, 2.45) is 5.73 Å². The largest absolute Gasteiger partial charge is 0.465 e. The molecule has 0 saturated carbocycles. The van der Waals surface area contributed by atoms with E-state index in [1.165, 1.54) is 11.7 Å². The lowest BCUT2D eigenvalue weighted by Gasteiger charge is -2.35. The first kappa shape index (κ1) is 22.4. The van der Waals surface area contributed by atoms with Gasteiger partial charge in [-0.05, 0) is 32.0 Å². The van der Waals surface area contributed by atoms with Crippen LogP contribution in [0.25, 0.3) is 0 Å². The Kier molecular flexibility index (Phi) is 5.20. The molecule has 2 aliphatic heterocycles. The van der Waals surface area contributed by atoms with Gasteiger partial charge in [0.1, 0.15) is 16.7 Å². The summed E-state index contributed by atoms with van der Waals surface area (Å²) in [5, 5.41) is 0. The number of rotatable bonds is 4. The van der Waals surface area contributed by atoms with E-state index in [2.05, 4.69) is 4.98 Å². The lowest BCUT2D eigenvalue weighted by Crippen LogP contribution is -2.52. The number of nitrogens with two attached hydrogens (primary N) is 1. The van der Waals surface area contributed by atoms with E-state index in [1.807, 2.05) is 19.1 Å². The monoisotopic (exact) mass is 472 g/mol. The highest BCUT2D eigenvalue weighted by molar-refractivity contribution is 6.18. The summed E-state index contributed by atoms with van der Waals surface area (Å²) in [4.78, 5) is 47.4. The van der Waals surface area contributed by atoms with Crippen molar-refractivity contribution in [1.29, 1.82) is 0 Å². The second kappa shape index (κ2) is 8.12. The number of esters is 1. The first-order chi connectivity index (χ1) is 16.9. The maximum Gasteiger partial charge on any atom is 0.340 e. The number of pyridine rings is 2. The number of fused-ring (bicyclic) bond motifs is 4. The van der Waals surface area contributed by atoms with Gasteiger partial charge in [0.15, 0.2) is 0 Å². The van der Waals surface area contributed by atoms with Crippen LogP contribution in [0.15, 0.2) is 71.0 Å². The van der Waals surface area contributed by atoms with Crippen LogP contribution in [0.1, 0.15) is 29.4 Å². The SMILES string of the molecule is CCN1C(=O)C2(C(C(=O)OC)=C(N)Oc3cc(C)n(Cc4ccccn4)c(=O)c32)c2ccccc21. The van der Waals surface area contributed by atoms with E-state index in [-0.39, 0.29) is 29.3 Å². The van der Waals surface area contributed by atoms with E-state index in [0.29, 0.717) is 29.2 Å². The number of hydrogen-bond donors (Lipinski definition) is 1. The van der Waals surface area contributed by atoms with Crippen molar-refractivity contribution in [3.05, 3.63) is 99.1 Å². The number of ether oxygens (including phenoxy) is 2. The third kappa shape index (κ3) is 3.01. The van der Waals surface area contributed by atoms with Crippen molar-refractivity contribution in [2.45, 2.75) is 25.8 Å². The Labute approximate surface area is 201 Å². The van der Waals surface area contributed by atoms with Crippen molar-refractivity contribution in [3.63, 3.8) is 0 Å². The number of hydrogen-bond acceptors (Lipinski definition) is 7. The number of anilines is 1. The van der Waals surface area contributed by atoms with Crippen LogP contribution in [0.2, 0.25) is 0 Å². The van der Waals surface area contributed by atoms with E-state index in [9.17, 15) is 14.4 Å². The Morgan fingerprint density at radius 1 is 1.17 bits per heavy atom. The van der Waals surface area contributed by atoms with Gasteiger partial charge in [0.2, 0.25) is 11.8 Å². The fourth-order valence-electron chi connectivity index (χ4n) is 5.10. The van der Waals surface area contributed by atoms with Gasteiger partial charge in [-0.2, -0.15) is 0 Å². The molecule has 4 heterocycles. The molecule has 1 spiro atoms. The first-order valence-corrected chi connectivity index (χ1v) is 11.2. The number of likely N-dealkylation sites (N-methyl/N-ethyl adjacent to an activating group) is 1. The highest BCUT2D eigenvalue weighted by Gasteiger charge is 2.62.